The minimum Gasteiger partial charge on any atom is -0.743 e. The zero-order chi connectivity index (χ0) is 57.9. The molecule has 420 valence electrons. The minimum absolute atomic E-state index is 0.0703. The first-order valence-electron chi connectivity index (χ1n) is 22.2. The van der Waals surface area contributed by atoms with Crippen LogP contribution in [-0.4, -0.2) is 124 Å². The zero-order valence-corrected chi connectivity index (χ0v) is 49.0. The number of halogens is 7. The van der Waals surface area contributed by atoms with Crippen LogP contribution in [0, 0.1) is 7.14 Å². The third-order valence-corrected chi connectivity index (χ3v) is 19.2. The van der Waals surface area contributed by atoms with E-state index in [1.165, 1.54) is 47.5 Å². The lowest BCUT2D eigenvalue weighted by Gasteiger charge is -2.21. The summed E-state index contributed by atoms with van der Waals surface area (Å²) in [4.78, 5) is 13.2. The van der Waals surface area contributed by atoms with Gasteiger partial charge in [0.15, 0.2) is 48.1 Å². The number of hydrogen-bond donors (Lipinski definition) is 3. The second-order valence-electron chi connectivity index (χ2n) is 18.5. The van der Waals surface area contributed by atoms with Gasteiger partial charge in [-0.15, -0.1) is 0 Å². The van der Waals surface area contributed by atoms with E-state index < -0.39 is 64.4 Å². The molecular formula is C49H67F6IO13S5. The lowest BCUT2D eigenvalue weighted by Crippen LogP contribution is -3.61. The summed E-state index contributed by atoms with van der Waals surface area (Å²) in [6, 6.07) is 38.6. The molecule has 1 aliphatic heterocycles. The van der Waals surface area contributed by atoms with E-state index in [0.29, 0.717) is 48.3 Å². The van der Waals surface area contributed by atoms with E-state index in [0.717, 1.165) is 11.3 Å². The first-order chi connectivity index (χ1) is 33.4. The van der Waals surface area contributed by atoms with Crippen LogP contribution in [0.15, 0.2) is 114 Å². The van der Waals surface area contributed by atoms with Crippen LogP contribution in [0.5, 0.6) is 0 Å². The number of carbonyl (C=O) groups is 1. The molecule has 1 aliphatic rings. The molecule has 0 saturated carbocycles. The molecule has 3 atom stereocenters. The van der Waals surface area contributed by atoms with E-state index in [1.54, 1.807) is 0 Å². The molecule has 4 aromatic rings. The maximum absolute atomic E-state index is 11.9. The number of rotatable bonds is 12. The second kappa shape index (κ2) is 30.4. The van der Waals surface area contributed by atoms with Crippen LogP contribution in [0.3, 0.4) is 0 Å². The maximum atomic E-state index is 11.9. The van der Waals surface area contributed by atoms with Crippen molar-refractivity contribution in [1.82, 2.24) is 0 Å². The zero-order valence-electron chi connectivity index (χ0n) is 42.8. The second-order valence-corrected chi connectivity index (χ2v) is 30.3. The van der Waals surface area contributed by atoms with Crippen molar-refractivity contribution in [1.29, 1.82) is 0 Å². The van der Waals surface area contributed by atoms with Crippen LogP contribution in [0.25, 0.3) is 0 Å². The fraction of sp³-hybridized carbons (Fsp3) is 0.490. The van der Waals surface area contributed by atoms with Gasteiger partial charge in [0.05, 0.1) is 0 Å². The molecule has 25 heteroatoms. The summed E-state index contributed by atoms with van der Waals surface area (Å²) in [6.07, 6.45) is -0.318. The lowest BCUT2D eigenvalue weighted by molar-refractivity contribution is -0.597. The van der Waals surface area contributed by atoms with Gasteiger partial charge in [0.25, 0.3) is 0 Å². The van der Waals surface area contributed by atoms with Crippen molar-refractivity contribution in [3.63, 3.8) is 0 Å². The summed E-state index contributed by atoms with van der Waals surface area (Å²) < 4.78 is 161. The van der Waals surface area contributed by atoms with Gasteiger partial charge in [-0.05, 0) is 103 Å². The number of ketones is 1. The first-order valence-corrected chi connectivity index (χ1v) is 32.3. The number of carbonyl (C=O) groups excluding carboxylic acids is 1. The molecule has 0 bridgehead atoms. The molecule has 3 unspecified atom stereocenters. The molecule has 1 saturated heterocycles. The molecule has 74 heavy (non-hydrogen) atoms. The van der Waals surface area contributed by atoms with Crippen LogP contribution in [-0.2, 0) is 63.0 Å². The van der Waals surface area contributed by atoms with Crippen molar-refractivity contribution in [2.24, 2.45) is 0 Å². The fourth-order valence-corrected chi connectivity index (χ4v) is 11.6. The van der Waals surface area contributed by atoms with Gasteiger partial charge < -0.3 is 29.0 Å². The molecule has 0 aromatic heterocycles. The Labute approximate surface area is 449 Å². The summed E-state index contributed by atoms with van der Waals surface area (Å²) in [6.45, 7) is 15.2. The molecule has 3 N–H and O–H groups in total. The van der Waals surface area contributed by atoms with Gasteiger partial charge in [-0.25, -0.2) is 25.3 Å². The number of Topliss-reactive ketones (excluding diaryl/α,β-unsaturated/α-hetero) is 1. The van der Waals surface area contributed by atoms with E-state index in [-0.39, 0.29) is 32.0 Å². The number of aliphatic hydroxyl groups excluding tert-OH is 3. The summed E-state index contributed by atoms with van der Waals surface area (Å²) in [5, 5.41) is 10.5. The average Bonchev–Trinajstić information content (AvgIpc) is 3.80. The van der Waals surface area contributed by atoms with E-state index >= 15 is 0 Å². The molecule has 0 spiro atoms. The van der Waals surface area contributed by atoms with Gasteiger partial charge in [0.2, 0.25) is 5.78 Å². The Morgan fingerprint density at radius 2 is 0.838 bits per heavy atom. The third-order valence-electron chi connectivity index (χ3n) is 9.86. The van der Waals surface area contributed by atoms with E-state index in [4.69, 9.17) is 15.3 Å². The minimum atomic E-state index is -5.73. The van der Waals surface area contributed by atoms with Gasteiger partial charge in [-0.3, -0.25) is 4.79 Å². The Kier molecular flexibility index (Phi) is 29.2. The molecule has 13 nitrogen and oxygen atoms in total. The van der Waals surface area contributed by atoms with Crippen molar-refractivity contribution in [3.8, 4) is 0 Å². The van der Waals surface area contributed by atoms with Crippen molar-refractivity contribution in [2.45, 2.75) is 125 Å². The normalized spacial score (nSPS) is 14.9. The van der Waals surface area contributed by atoms with Gasteiger partial charge in [-0.2, -0.15) is 26.3 Å². The van der Waals surface area contributed by atoms with Crippen LogP contribution < -0.4 is 21.2 Å². The van der Waals surface area contributed by atoms with Crippen molar-refractivity contribution >= 4 is 57.9 Å². The number of alkyl halides is 6. The Balaban J connectivity index is 0.000000895. The highest BCUT2D eigenvalue weighted by atomic mass is 127. The highest BCUT2D eigenvalue weighted by Gasteiger charge is 2.44. The van der Waals surface area contributed by atoms with Crippen LogP contribution in [0.1, 0.15) is 96.6 Å². The molecular weight excluding hydrogens is 1200 g/mol. The first kappa shape index (κ1) is 71.2. The summed E-state index contributed by atoms with van der Waals surface area (Å²) in [7, 11) is -16.4. The molecule has 4 aromatic carbocycles. The Hall–Kier alpha value is -2.83. The third kappa shape index (κ3) is 25.1. The molecule has 0 amide bonds. The number of benzene rings is 4. The summed E-state index contributed by atoms with van der Waals surface area (Å²) in [5.74, 6) is 3.66. The van der Waals surface area contributed by atoms with E-state index in [2.05, 4.69) is 133 Å². The average molecular weight is 1270 g/mol. The lowest BCUT2D eigenvalue weighted by atomic mass is 9.87. The molecule has 5 rings (SSSR count). The molecule has 0 radical (unpaired) electrons. The van der Waals surface area contributed by atoms with Crippen LogP contribution >= 0.6 is 0 Å². The van der Waals surface area contributed by atoms with Crippen LogP contribution in [0.2, 0.25) is 0 Å². The van der Waals surface area contributed by atoms with E-state index in [1.807, 2.05) is 30.3 Å². The Morgan fingerprint density at radius 3 is 1.05 bits per heavy atom. The van der Waals surface area contributed by atoms with Gasteiger partial charge in [-0.1, -0.05) is 114 Å². The standard InChI is InChI=1S/C20H26I.C12H15OS.C8H11S.3C3H6F2O4S/c1-19(2,3)15-7-11-17(12-8-15)21-18-13-9-16(10-14-18)20(4,5)6;13-12(10-14-8-4-5-9-14)11-6-2-1-3-7-11;1-9(2)8-6-4-3-5-7-8;3*1-2(6)3(4,5)10(7,8)9/h7-14H,1-6H3;1-3,6-7H,4-5,8-10H2;3-7H,1-2H3;3*2,6H,1H3,(H,7,8,9)/q3*+1;;;/p-3. The highest BCUT2D eigenvalue weighted by molar-refractivity contribution is 7.97. The number of aliphatic hydroxyl groups is 3. The van der Waals surface area contributed by atoms with Crippen molar-refractivity contribution in [3.05, 3.63) is 133 Å². The van der Waals surface area contributed by atoms with Gasteiger partial charge in [0, 0.05) is 16.5 Å². The quantitative estimate of drug-likeness (QED) is 0.0548. The van der Waals surface area contributed by atoms with Crippen molar-refractivity contribution in [2.75, 3.05) is 29.8 Å². The van der Waals surface area contributed by atoms with Crippen molar-refractivity contribution < 1.29 is 107 Å². The summed E-state index contributed by atoms with van der Waals surface area (Å²) in [5.41, 5.74) is 4.19. The maximum Gasteiger partial charge on any atom is 0.359 e. The smallest absolute Gasteiger partial charge is 0.359 e. The van der Waals surface area contributed by atoms with Gasteiger partial charge >= 0.3 is 37.0 Å². The van der Waals surface area contributed by atoms with Crippen LogP contribution in [0.4, 0.5) is 26.3 Å². The molecule has 0 aliphatic carbocycles. The topological polar surface area (TPSA) is 249 Å². The Morgan fingerprint density at radius 1 is 0.554 bits per heavy atom. The summed E-state index contributed by atoms with van der Waals surface area (Å²) >= 11 is -0.0703. The monoisotopic (exact) mass is 1260 g/mol. The molecule has 1 heterocycles. The van der Waals surface area contributed by atoms with Gasteiger partial charge in [0.1, 0.15) is 42.3 Å². The SMILES string of the molecule is CC(C)(C)c1ccc([I+]c2ccc(C(C)(C)C)cc2)cc1.CC(O)C(F)(F)S(=O)(=O)[O-].CC(O)C(F)(F)S(=O)(=O)[O-].CC(O)C(F)(F)S(=O)(=O)[O-].C[S+](C)c1ccccc1.O=C(C[S+]1CCCC1)c1ccccc1. The number of hydrogen-bond acceptors (Lipinski definition) is 13. The van der Waals surface area contributed by atoms with E-state index in [9.17, 15) is 70.0 Å². The predicted octanol–water partition coefficient (Wildman–Crippen LogP) is 5.13. The fourth-order valence-electron chi connectivity index (χ4n) is 5.22. The Bertz CT molecular complexity index is 2440. The molecule has 1 fully saturated rings. The largest absolute Gasteiger partial charge is 0.743 e. The highest BCUT2D eigenvalue weighted by Crippen LogP contribution is 2.26. The predicted molar refractivity (Wildman–Crippen MR) is 273 cm³/mol.